The van der Waals surface area contributed by atoms with E-state index >= 15 is 0 Å². The molecule has 1 fully saturated rings. The van der Waals surface area contributed by atoms with Crippen molar-refractivity contribution in [3.8, 4) is 23.0 Å². The van der Waals surface area contributed by atoms with Crippen LogP contribution in [0.15, 0.2) is 78.9 Å². The highest BCUT2D eigenvalue weighted by atomic mass is 19.1. The van der Waals surface area contributed by atoms with Gasteiger partial charge in [-0.25, -0.2) is 4.39 Å². The molecule has 7 nitrogen and oxygen atoms in total. The van der Waals surface area contributed by atoms with Crippen molar-refractivity contribution in [3.63, 3.8) is 0 Å². The summed E-state index contributed by atoms with van der Waals surface area (Å²) >= 11 is 0. The summed E-state index contributed by atoms with van der Waals surface area (Å²) in [6.45, 7) is 0. The number of rotatable bonds is 8. The third kappa shape index (κ3) is 4.91. The van der Waals surface area contributed by atoms with Crippen LogP contribution in [0.2, 0.25) is 0 Å². The van der Waals surface area contributed by atoms with E-state index in [9.17, 15) is 14.0 Å². The molecule has 0 saturated heterocycles. The molecule has 1 aliphatic carbocycles. The third-order valence-electron chi connectivity index (χ3n) is 6.41. The van der Waals surface area contributed by atoms with Gasteiger partial charge in [0.15, 0.2) is 11.5 Å². The molecule has 8 heteroatoms. The zero-order chi connectivity index (χ0) is 26.0. The first kappa shape index (κ1) is 24.1. The molecule has 1 saturated carbocycles. The maximum Gasteiger partial charge on any atom is 0.240 e. The molecule has 4 aromatic rings. The van der Waals surface area contributed by atoms with Crippen molar-refractivity contribution in [2.45, 2.75) is 12.8 Å². The van der Waals surface area contributed by atoms with E-state index in [0.29, 0.717) is 47.2 Å². The first-order valence-electron chi connectivity index (χ1n) is 11.7. The Bertz CT molecular complexity index is 1460. The Hall–Kier alpha value is -4.59. The molecule has 0 aromatic heterocycles. The van der Waals surface area contributed by atoms with E-state index in [2.05, 4.69) is 10.6 Å². The minimum absolute atomic E-state index is 0.379. The lowest BCUT2D eigenvalue weighted by Crippen LogP contribution is -2.35. The van der Waals surface area contributed by atoms with Crippen LogP contribution in [0.1, 0.15) is 12.8 Å². The van der Waals surface area contributed by atoms with Gasteiger partial charge in [0.2, 0.25) is 11.8 Å². The van der Waals surface area contributed by atoms with Crippen molar-refractivity contribution in [1.29, 1.82) is 0 Å². The number of anilines is 2. The number of ether oxygens (including phenoxy) is 3. The topological polar surface area (TPSA) is 85.9 Å². The molecule has 0 bridgehead atoms. The molecule has 0 aliphatic heterocycles. The molecule has 1 aliphatic rings. The van der Waals surface area contributed by atoms with Crippen LogP contribution in [0.5, 0.6) is 23.0 Å². The highest BCUT2D eigenvalue weighted by Crippen LogP contribution is 2.47. The monoisotopic (exact) mass is 500 g/mol. The maximum absolute atomic E-state index is 13.1. The van der Waals surface area contributed by atoms with E-state index < -0.39 is 17.1 Å². The lowest BCUT2D eigenvalue weighted by molar-refractivity contribution is -0.131. The normalized spacial score (nSPS) is 13.5. The van der Waals surface area contributed by atoms with Crippen LogP contribution in [0.25, 0.3) is 10.8 Å². The Morgan fingerprint density at radius 3 is 1.89 bits per heavy atom. The van der Waals surface area contributed by atoms with Gasteiger partial charge < -0.3 is 24.8 Å². The summed E-state index contributed by atoms with van der Waals surface area (Å²) < 4.78 is 30.1. The molecule has 5 rings (SSSR count). The molecule has 0 spiro atoms. The second-order valence-corrected chi connectivity index (χ2v) is 8.81. The van der Waals surface area contributed by atoms with Crippen molar-refractivity contribution in [2.24, 2.45) is 5.41 Å². The van der Waals surface area contributed by atoms with Gasteiger partial charge in [-0.2, -0.15) is 0 Å². The second-order valence-electron chi connectivity index (χ2n) is 8.81. The lowest BCUT2D eigenvalue weighted by Gasteiger charge is -2.16. The number of carbonyl (C=O) groups is 2. The summed E-state index contributed by atoms with van der Waals surface area (Å²) in [5.41, 5.74) is -0.147. The Labute approximate surface area is 213 Å². The number of carbonyl (C=O) groups excluding carboxylic acids is 2. The first-order valence-corrected chi connectivity index (χ1v) is 11.7. The summed E-state index contributed by atoms with van der Waals surface area (Å²) in [5, 5.41) is 7.32. The fourth-order valence-electron chi connectivity index (χ4n) is 4.11. The van der Waals surface area contributed by atoms with Gasteiger partial charge in [0, 0.05) is 16.8 Å². The molecule has 0 atom stereocenters. The number of halogens is 1. The molecule has 0 unspecified atom stereocenters. The molecule has 2 amide bonds. The van der Waals surface area contributed by atoms with Crippen LogP contribution in [-0.2, 0) is 9.59 Å². The third-order valence-corrected chi connectivity index (χ3v) is 6.41. The average Bonchev–Trinajstić information content (AvgIpc) is 3.73. The lowest BCUT2D eigenvalue weighted by atomic mass is 10.0. The maximum atomic E-state index is 13.1. The Balaban J connectivity index is 1.27. The van der Waals surface area contributed by atoms with Gasteiger partial charge in [0.25, 0.3) is 0 Å². The van der Waals surface area contributed by atoms with Gasteiger partial charge in [0.05, 0.1) is 14.2 Å². The molecule has 0 heterocycles. The van der Waals surface area contributed by atoms with Crippen molar-refractivity contribution >= 4 is 34.0 Å². The Morgan fingerprint density at radius 1 is 0.757 bits per heavy atom. The van der Waals surface area contributed by atoms with Crippen LogP contribution in [-0.4, -0.2) is 26.0 Å². The van der Waals surface area contributed by atoms with E-state index in [1.54, 1.807) is 38.5 Å². The fourth-order valence-corrected chi connectivity index (χ4v) is 4.11. The average molecular weight is 501 g/mol. The van der Waals surface area contributed by atoms with Gasteiger partial charge in [0.1, 0.15) is 22.7 Å². The van der Waals surface area contributed by atoms with Gasteiger partial charge in [-0.1, -0.05) is 12.1 Å². The summed E-state index contributed by atoms with van der Waals surface area (Å²) in [7, 11) is 3.17. The Kier molecular flexibility index (Phi) is 6.40. The number of hydrogen-bond acceptors (Lipinski definition) is 5. The molecule has 4 aromatic carbocycles. The SMILES string of the molecule is COc1cc2cccc(Oc3ccc(NC(=O)C4(C(=O)Nc5ccc(F)cc5)CC4)cc3)c2cc1OC. The second kappa shape index (κ2) is 9.81. The number of hydrogen-bond donors (Lipinski definition) is 2. The van der Waals surface area contributed by atoms with Crippen molar-refractivity contribution in [2.75, 3.05) is 24.9 Å². The van der Waals surface area contributed by atoms with Crippen molar-refractivity contribution in [3.05, 3.63) is 84.7 Å². The van der Waals surface area contributed by atoms with Gasteiger partial charge in [-0.05, 0) is 85.0 Å². The molecule has 37 heavy (non-hydrogen) atoms. The largest absolute Gasteiger partial charge is 0.493 e. The van der Waals surface area contributed by atoms with Gasteiger partial charge >= 0.3 is 0 Å². The quantitative estimate of drug-likeness (QED) is 0.284. The zero-order valence-electron chi connectivity index (χ0n) is 20.3. The number of fused-ring (bicyclic) bond motifs is 1. The number of benzene rings is 4. The first-order chi connectivity index (χ1) is 17.9. The Morgan fingerprint density at radius 2 is 1.32 bits per heavy atom. The van der Waals surface area contributed by atoms with E-state index in [1.807, 2.05) is 30.3 Å². The van der Waals surface area contributed by atoms with Crippen LogP contribution in [0.4, 0.5) is 15.8 Å². The van der Waals surface area contributed by atoms with Crippen molar-refractivity contribution < 1.29 is 28.2 Å². The predicted octanol–water partition coefficient (Wildman–Crippen LogP) is 6.15. The van der Waals surface area contributed by atoms with Gasteiger partial charge in [-0.3, -0.25) is 9.59 Å². The minimum atomic E-state index is -1.13. The number of nitrogens with one attached hydrogen (secondary N) is 2. The zero-order valence-corrected chi connectivity index (χ0v) is 20.3. The van der Waals surface area contributed by atoms with E-state index in [1.165, 1.54) is 24.3 Å². The van der Waals surface area contributed by atoms with E-state index in [4.69, 9.17) is 14.2 Å². The standard InChI is InChI=1S/C29H25FN2O5/c1-35-25-16-18-4-3-5-24(23(18)17-26(25)36-2)37-22-12-10-21(11-13-22)32-28(34)29(14-15-29)27(33)31-20-8-6-19(30)7-9-20/h3-13,16-17H,14-15H2,1-2H3,(H,31,33)(H,32,34). The molecule has 2 N–H and O–H groups in total. The number of amides is 2. The minimum Gasteiger partial charge on any atom is -0.493 e. The summed E-state index contributed by atoms with van der Waals surface area (Å²) in [6.07, 6.45) is 0.894. The van der Waals surface area contributed by atoms with Crippen molar-refractivity contribution in [1.82, 2.24) is 0 Å². The van der Waals surface area contributed by atoms with E-state index in [-0.39, 0.29) is 5.91 Å². The summed E-state index contributed by atoms with van der Waals surface area (Å²) in [5.74, 6) is 1.27. The summed E-state index contributed by atoms with van der Waals surface area (Å²) in [6, 6.07) is 21.8. The summed E-state index contributed by atoms with van der Waals surface area (Å²) in [4.78, 5) is 25.7. The molecular weight excluding hydrogens is 475 g/mol. The molecule has 188 valence electrons. The predicted molar refractivity (Wildman–Crippen MR) is 139 cm³/mol. The van der Waals surface area contributed by atoms with E-state index in [0.717, 1.165) is 10.8 Å². The highest BCUT2D eigenvalue weighted by Gasteiger charge is 2.56. The van der Waals surface area contributed by atoms with Crippen LogP contribution < -0.4 is 24.8 Å². The van der Waals surface area contributed by atoms with Crippen LogP contribution in [0.3, 0.4) is 0 Å². The number of methoxy groups -OCH3 is 2. The smallest absolute Gasteiger partial charge is 0.240 e. The molecular formula is C29H25FN2O5. The highest BCUT2D eigenvalue weighted by molar-refractivity contribution is 6.16. The van der Waals surface area contributed by atoms with Crippen LogP contribution >= 0.6 is 0 Å². The fraction of sp³-hybridized carbons (Fsp3) is 0.172. The van der Waals surface area contributed by atoms with Crippen LogP contribution in [0, 0.1) is 11.2 Å². The van der Waals surface area contributed by atoms with Gasteiger partial charge in [-0.15, -0.1) is 0 Å². The molecule has 0 radical (unpaired) electrons.